The molecule has 0 spiro atoms. The zero-order valence-corrected chi connectivity index (χ0v) is 11.2. The second kappa shape index (κ2) is 7.14. The summed E-state index contributed by atoms with van der Waals surface area (Å²) in [5, 5.41) is 3.01. The Hall–Kier alpha value is -1.55. The monoisotopic (exact) mass is 262 g/mol. The van der Waals surface area contributed by atoms with Crippen molar-refractivity contribution in [3.63, 3.8) is 0 Å². The lowest BCUT2D eigenvalue weighted by atomic mass is 10.2. The van der Waals surface area contributed by atoms with Crippen molar-refractivity contribution in [1.82, 2.24) is 5.32 Å². The summed E-state index contributed by atoms with van der Waals surface area (Å²) in [4.78, 5) is 11.7. The van der Waals surface area contributed by atoms with Gasteiger partial charge in [0.05, 0.1) is 6.61 Å². The highest BCUT2D eigenvalue weighted by Crippen LogP contribution is 2.32. The first kappa shape index (κ1) is 13.9. The van der Waals surface area contributed by atoms with Crippen LogP contribution in [-0.4, -0.2) is 25.1 Å². The van der Waals surface area contributed by atoms with Crippen molar-refractivity contribution in [3.05, 3.63) is 30.3 Å². The minimum atomic E-state index is 0.0824. The van der Waals surface area contributed by atoms with E-state index in [-0.39, 0.29) is 11.9 Å². The van der Waals surface area contributed by atoms with Crippen molar-refractivity contribution in [2.24, 2.45) is 11.7 Å². The molecule has 4 nitrogen and oxygen atoms in total. The van der Waals surface area contributed by atoms with Crippen LogP contribution in [0.3, 0.4) is 0 Å². The molecular weight excluding hydrogens is 240 g/mol. The molecule has 3 N–H and O–H groups in total. The summed E-state index contributed by atoms with van der Waals surface area (Å²) in [6.07, 6.45) is 3.61. The van der Waals surface area contributed by atoms with Crippen LogP contribution in [0.5, 0.6) is 5.75 Å². The molecule has 0 aromatic heterocycles. The predicted molar refractivity (Wildman–Crippen MR) is 74.9 cm³/mol. The van der Waals surface area contributed by atoms with E-state index in [9.17, 15) is 4.79 Å². The molecule has 104 valence electrons. The van der Waals surface area contributed by atoms with E-state index in [0.717, 1.165) is 12.2 Å². The zero-order valence-electron chi connectivity index (χ0n) is 11.2. The fourth-order valence-electron chi connectivity index (χ4n) is 2.09. The largest absolute Gasteiger partial charge is 0.494 e. The van der Waals surface area contributed by atoms with Gasteiger partial charge in [0.25, 0.3) is 0 Å². The first-order chi connectivity index (χ1) is 9.29. The number of hydrogen-bond donors (Lipinski definition) is 2. The zero-order chi connectivity index (χ0) is 13.5. The van der Waals surface area contributed by atoms with Gasteiger partial charge in [0.1, 0.15) is 5.75 Å². The Morgan fingerprint density at radius 3 is 2.74 bits per heavy atom. The van der Waals surface area contributed by atoms with Crippen LogP contribution in [0.15, 0.2) is 30.3 Å². The molecular formula is C15H22N2O2. The Kier molecular flexibility index (Phi) is 5.21. The molecule has 2 rings (SSSR count). The predicted octanol–water partition coefficient (Wildman–Crippen LogP) is 1.70. The van der Waals surface area contributed by atoms with Crippen LogP contribution >= 0.6 is 0 Å². The molecule has 1 aliphatic carbocycles. The number of para-hydroxylation sites is 1. The Morgan fingerprint density at radius 2 is 2.11 bits per heavy atom. The van der Waals surface area contributed by atoms with Crippen molar-refractivity contribution in [1.29, 1.82) is 0 Å². The van der Waals surface area contributed by atoms with E-state index in [1.807, 2.05) is 30.3 Å². The lowest BCUT2D eigenvalue weighted by Crippen LogP contribution is -2.41. The average molecular weight is 262 g/mol. The Morgan fingerprint density at radius 1 is 1.37 bits per heavy atom. The number of carbonyl (C=O) groups is 1. The summed E-state index contributed by atoms with van der Waals surface area (Å²) in [5.74, 6) is 1.54. The molecule has 1 atom stereocenters. The lowest BCUT2D eigenvalue weighted by molar-refractivity contribution is -0.122. The van der Waals surface area contributed by atoms with Gasteiger partial charge in [-0.2, -0.15) is 0 Å². The van der Waals surface area contributed by atoms with Gasteiger partial charge in [0.15, 0.2) is 0 Å². The molecule has 0 saturated heterocycles. The van der Waals surface area contributed by atoms with Crippen LogP contribution in [0, 0.1) is 5.92 Å². The number of carbonyl (C=O) groups excluding carboxylic acids is 1. The van der Waals surface area contributed by atoms with Crippen LogP contribution in [0.4, 0.5) is 0 Å². The molecule has 0 heterocycles. The van der Waals surface area contributed by atoms with Gasteiger partial charge in [0.2, 0.25) is 5.91 Å². The number of amides is 1. The minimum Gasteiger partial charge on any atom is -0.494 e. The van der Waals surface area contributed by atoms with Gasteiger partial charge >= 0.3 is 0 Å². The van der Waals surface area contributed by atoms with Crippen LogP contribution in [0.25, 0.3) is 0 Å². The van der Waals surface area contributed by atoms with E-state index in [0.29, 0.717) is 25.5 Å². The highest BCUT2D eigenvalue weighted by molar-refractivity contribution is 5.76. The average Bonchev–Trinajstić information content (AvgIpc) is 3.27. The van der Waals surface area contributed by atoms with Crippen molar-refractivity contribution >= 4 is 5.91 Å². The third-order valence-electron chi connectivity index (χ3n) is 3.35. The van der Waals surface area contributed by atoms with Crippen LogP contribution in [0.1, 0.15) is 25.7 Å². The highest BCUT2D eigenvalue weighted by Gasteiger charge is 2.30. The van der Waals surface area contributed by atoms with E-state index in [4.69, 9.17) is 10.5 Å². The maximum absolute atomic E-state index is 11.7. The summed E-state index contributed by atoms with van der Waals surface area (Å²) in [7, 11) is 0. The van der Waals surface area contributed by atoms with E-state index >= 15 is 0 Å². The number of benzene rings is 1. The Labute approximate surface area is 114 Å². The van der Waals surface area contributed by atoms with Gasteiger partial charge in [-0.15, -0.1) is 0 Å². The van der Waals surface area contributed by atoms with Crippen molar-refractivity contribution in [2.45, 2.75) is 31.7 Å². The molecule has 0 radical (unpaired) electrons. The van der Waals surface area contributed by atoms with Crippen LogP contribution in [0.2, 0.25) is 0 Å². The molecule has 0 aliphatic heterocycles. The van der Waals surface area contributed by atoms with Gasteiger partial charge in [-0.3, -0.25) is 4.79 Å². The van der Waals surface area contributed by atoms with Gasteiger partial charge < -0.3 is 15.8 Å². The standard InChI is InChI=1S/C15H22N2O2/c16-11-14(12-8-9-12)17-15(18)7-4-10-19-13-5-2-1-3-6-13/h1-3,5-6,12,14H,4,7-11,16H2,(H,17,18). The smallest absolute Gasteiger partial charge is 0.220 e. The molecule has 19 heavy (non-hydrogen) atoms. The molecule has 4 heteroatoms. The van der Waals surface area contributed by atoms with Gasteiger partial charge in [0, 0.05) is 19.0 Å². The third kappa shape index (κ3) is 4.91. The summed E-state index contributed by atoms with van der Waals surface area (Å²) >= 11 is 0. The minimum absolute atomic E-state index is 0.0824. The molecule has 1 fully saturated rings. The van der Waals surface area contributed by atoms with Crippen molar-refractivity contribution < 1.29 is 9.53 Å². The number of rotatable bonds is 8. The van der Waals surface area contributed by atoms with Gasteiger partial charge in [-0.25, -0.2) is 0 Å². The fourth-order valence-corrected chi connectivity index (χ4v) is 2.09. The van der Waals surface area contributed by atoms with Crippen LogP contribution in [-0.2, 0) is 4.79 Å². The highest BCUT2D eigenvalue weighted by atomic mass is 16.5. The maximum Gasteiger partial charge on any atom is 0.220 e. The number of nitrogens with one attached hydrogen (secondary N) is 1. The quantitative estimate of drug-likeness (QED) is 0.701. The summed E-state index contributed by atoms with van der Waals surface area (Å²) in [6, 6.07) is 9.82. The molecule has 1 unspecified atom stereocenters. The first-order valence-corrected chi connectivity index (χ1v) is 6.97. The Bertz CT molecular complexity index is 390. The van der Waals surface area contributed by atoms with Gasteiger partial charge in [-0.05, 0) is 37.3 Å². The number of nitrogens with two attached hydrogens (primary N) is 1. The van der Waals surface area contributed by atoms with E-state index in [2.05, 4.69) is 5.32 Å². The van der Waals surface area contributed by atoms with Crippen LogP contribution < -0.4 is 15.8 Å². The third-order valence-corrected chi connectivity index (χ3v) is 3.35. The first-order valence-electron chi connectivity index (χ1n) is 6.97. The second-order valence-electron chi connectivity index (χ2n) is 5.01. The SMILES string of the molecule is NCC(NC(=O)CCCOc1ccccc1)C1CC1. The Balaban J connectivity index is 1.58. The molecule has 1 amide bonds. The fraction of sp³-hybridized carbons (Fsp3) is 0.533. The number of hydrogen-bond acceptors (Lipinski definition) is 3. The van der Waals surface area contributed by atoms with E-state index in [1.54, 1.807) is 0 Å². The molecule has 1 aromatic rings. The molecule has 1 aromatic carbocycles. The molecule has 1 saturated carbocycles. The second-order valence-corrected chi connectivity index (χ2v) is 5.01. The van der Waals surface area contributed by atoms with E-state index < -0.39 is 0 Å². The topological polar surface area (TPSA) is 64.3 Å². The summed E-state index contributed by atoms with van der Waals surface area (Å²) < 4.78 is 5.54. The lowest BCUT2D eigenvalue weighted by Gasteiger charge is -2.15. The van der Waals surface area contributed by atoms with Gasteiger partial charge in [-0.1, -0.05) is 18.2 Å². The summed E-state index contributed by atoms with van der Waals surface area (Å²) in [5.41, 5.74) is 5.65. The normalized spacial score (nSPS) is 15.8. The maximum atomic E-state index is 11.7. The van der Waals surface area contributed by atoms with Crippen molar-refractivity contribution in [3.8, 4) is 5.75 Å². The van der Waals surface area contributed by atoms with Crippen molar-refractivity contribution in [2.75, 3.05) is 13.2 Å². The molecule has 1 aliphatic rings. The molecule has 0 bridgehead atoms. The van der Waals surface area contributed by atoms with E-state index in [1.165, 1.54) is 12.8 Å². The number of ether oxygens (including phenoxy) is 1. The summed E-state index contributed by atoms with van der Waals surface area (Å²) in [6.45, 7) is 1.10.